The second-order valence-electron chi connectivity index (χ2n) is 6.42. The number of benzene rings is 3. The molecule has 5 nitrogen and oxygen atoms in total. The van der Waals surface area contributed by atoms with Crippen molar-refractivity contribution in [3.63, 3.8) is 0 Å². The minimum atomic E-state index is -0.495. The molecule has 2 N–H and O–H groups in total. The van der Waals surface area contributed by atoms with Crippen LogP contribution in [-0.2, 0) is 4.79 Å². The van der Waals surface area contributed by atoms with Crippen LogP contribution in [0.4, 0.5) is 5.69 Å². The molecule has 29 heavy (non-hydrogen) atoms. The van der Waals surface area contributed by atoms with Crippen LogP contribution in [-0.4, -0.2) is 11.8 Å². The van der Waals surface area contributed by atoms with Crippen molar-refractivity contribution in [1.29, 1.82) is 0 Å². The molecule has 0 radical (unpaired) electrons. The number of rotatable bonds is 5. The molecule has 0 saturated heterocycles. The highest BCUT2D eigenvalue weighted by molar-refractivity contribution is 6.10. The molecular formula is C24H18N2O3. The Kier molecular flexibility index (Phi) is 5.21. The molecule has 5 heteroatoms. The fourth-order valence-corrected chi connectivity index (χ4v) is 2.93. The molecule has 4 aromatic rings. The maximum Gasteiger partial charge on any atom is 0.291 e. The number of carbonyl (C=O) groups excluding carboxylic acids is 2. The number of anilines is 1. The van der Waals surface area contributed by atoms with E-state index in [1.807, 2.05) is 72.8 Å². The fourth-order valence-electron chi connectivity index (χ4n) is 2.93. The van der Waals surface area contributed by atoms with Gasteiger partial charge in [0.2, 0.25) is 0 Å². The maximum atomic E-state index is 12.9. The van der Waals surface area contributed by atoms with Crippen molar-refractivity contribution in [2.75, 3.05) is 5.32 Å². The molecule has 4 rings (SSSR count). The third kappa shape index (κ3) is 4.42. The van der Waals surface area contributed by atoms with Crippen LogP contribution in [0.3, 0.4) is 0 Å². The molecule has 0 unspecified atom stereocenters. The molecule has 0 spiro atoms. The van der Waals surface area contributed by atoms with Gasteiger partial charge in [-0.3, -0.25) is 9.59 Å². The molecule has 1 aromatic heterocycles. The first kappa shape index (κ1) is 18.3. The van der Waals surface area contributed by atoms with E-state index in [9.17, 15) is 9.59 Å². The van der Waals surface area contributed by atoms with Crippen molar-refractivity contribution < 1.29 is 14.0 Å². The van der Waals surface area contributed by atoms with E-state index in [0.29, 0.717) is 5.69 Å². The molecule has 0 saturated carbocycles. The smallest absolute Gasteiger partial charge is 0.291 e. The van der Waals surface area contributed by atoms with Gasteiger partial charge >= 0.3 is 0 Å². The molecule has 1 heterocycles. The van der Waals surface area contributed by atoms with Gasteiger partial charge in [0.25, 0.3) is 11.8 Å². The van der Waals surface area contributed by atoms with E-state index < -0.39 is 11.8 Å². The van der Waals surface area contributed by atoms with Gasteiger partial charge in [0.1, 0.15) is 5.70 Å². The predicted molar refractivity (Wildman–Crippen MR) is 113 cm³/mol. The Balaban J connectivity index is 1.61. The summed E-state index contributed by atoms with van der Waals surface area (Å²) < 4.78 is 5.12. The lowest BCUT2D eigenvalue weighted by atomic mass is 10.1. The Morgan fingerprint density at radius 3 is 2.31 bits per heavy atom. The van der Waals surface area contributed by atoms with Gasteiger partial charge in [-0.05, 0) is 46.7 Å². The second kappa shape index (κ2) is 8.27. The van der Waals surface area contributed by atoms with Crippen molar-refractivity contribution in [2.45, 2.75) is 0 Å². The van der Waals surface area contributed by atoms with Gasteiger partial charge in [-0.2, -0.15) is 0 Å². The summed E-state index contributed by atoms with van der Waals surface area (Å²) >= 11 is 0. The summed E-state index contributed by atoms with van der Waals surface area (Å²) in [6.07, 6.45) is 3.03. The lowest BCUT2D eigenvalue weighted by Gasteiger charge is -2.11. The highest BCUT2D eigenvalue weighted by atomic mass is 16.3. The zero-order valence-corrected chi connectivity index (χ0v) is 15.5. The lowest BCUT2D eigenvalue weighted by molar-refractivity contribution is -0.113. The van der Waals surface area contributed by atoms with Crippen LogP contribution in [0.25, 0.3) is 16.8 Å². The third-order valence-corrected chi connectivity index (χ3v) is 4.36. The number of hydrogen-bond donors (Lipinski definition) is 2. The number of carbonyl (C=O) groups is 2. The Hall–Kier alpha value is -4.12. The Labute approximate surface area is 167 Å². The molecule has 0 aliphatic carbocycles. The predicted octanol–water partition coefficient (Wildman–Crippen LogP) is 4.84. The minimum Gasteiger partial charge on any atom is -0.459 e. The van der Waals surface area contributed by atoms with Crippen LogP contribution in [0.15, 0.2) is 101 Å². The van der Waals surface area contributed by atoms with Gasteiger partial charge < -0.3 is 15.1 Å². The van der Waals surface area contributed by atoms with E-state index in [1.165, 1.54) is 12.3 Å². The molecule has 0 bridgehead atoms. The van der Waals surface area contributed by atoms with Gasteiger partial charge in [0.05, 0.1) is 6.26 Å². The highest BCUT2D eigenvalue weighted by Gasteiger charge is 2.16. The van der Waals surface area contributed by atoms with Crippen molar-refractivity contribution >= 4 is 34.4 Å². The Morgan fingerprint density at radius 2 is 1.55 bits per heavy atom. The first-order valence-corrected chi connectivity index (χ1v) is 9.11. The van der Waals surface area contributed by atoms with Crippen LogP contribution < -0.4 is 10.6 Å². The summed E-state index contributed by atoms with van der Waals surface area (Å²) in [6, 6.07) is 26.0. The summed E-state index contributed by atoms with van der Waals surface area (Å²) in [4.78, 5) is 25.3. The molecule has 2 amide bonds. The average molecular weight is 382 g/mol. The summed E-state index contributed by atoms with van der Waals surface area (Å²) in [5.74, 6) is -0.794. The number of nitrogens with one attached hydrogen (secondary N) is 2. The quantitative estimate of drug-likeness (QED) is 0.485. The summed E-state index contributed by atoms with van der Waals surface area (Å²) in [7, 11) is 0. The van der Waals surface area contributed by atoms with E-state index in [-0.39, 0.29) is 11.5 Å². The van der Waals surface area contributed by atoms with E-state index in [4.69, 9.17) is 4.42 Å². The van der Waals surface area contributed by atoms with Crippen LogP contribution in [0.1, 0.15) is 16.1 Å². The molecule has 0 fully saturated rings. The molecule has 142 valence electrons. The standard InChI is InChI=1S/C24H18N2O3/c27-23(25-20-13-12-18-9-4-5-10-19(18)16-20)21(15-17-7-2-1-3-8-17)26-24(28)22-11-6-14-29-22/h1-16H,(H,25,27)(H,26,28). The third-order valence-electron chi connectivity index (χ3n) is 4.36. The fraction of sp³-hybridized carbons (Fsp3) is 0. The van der Waals surface area contributed by atoms with Gasteiger partial charge in [0.15, 0.2) is 5.76 Å². The molecule has 3 aromatic carbocycles. The van der Waals surface area contributed by atoms with Gasteiger partial charge in [-0.1, -0.05) is 60.7 Å². The van der Waals surface area contributed by atoms with Gasteiger partial charge in [-0.25, -0.2) is 0 Å². The van der Waals surface area contributed by atoms with E-state index >= 15 is 0 Å². The molecule has 0 aliphatic rings. The number of amides is 2. The molecule has 0 atom stereocenters. The normalized spacial score (nSPS) is 11.2. The second-order valence-corrected chi connectivity index (χ2v) is 6.42. The van der Waals surface area contributed by atoms with Gasteiger partial charge in [0, 0.05) is 5.69 Å². The van der Waals surface area contributed by atoms with E-state index in [0.717, 1.165) is 16.3 Å². The Bertz CT molecular complexity index is 1180. The summed E-state index contributed by atoms with van der Waals surface area (Å²) in [5, 5.41) is 7.59. The van der Waals surface area contributed by atoms with Crippen LogP contribution in [0.2, 0.25) is 0 Å². The summed E-state index contributed by atoms with van der Waals surface area (Å²) in [6.45, 7) is 0. The number of fused-ring (bicyclic) bond motifs is 1. The van der Waals surface area contributed by atoms with Crippen LogP contribution in [0.5, 0.6) is 0 Å². The lowest BCUT2D eigenvalue weighted by Crippen LogP contribution is -2.30. The van der Waals surface area contributed by atoms with Crippen LogP contribution >= 0.6 is 0 Å². The zero-order chi connectivity index (χ0) is 20.1. The van der Waals surface area contributed by atoms with Crippen molar-refractivity contribution in [3.8, 4) is 0 Å². The topological polar surface area (TPSA) is 71.3 Å². The molecular weight excluding hydrogens is 364 g/mol. The monoisotopic (exact) mass is 382 g/mol. The first-order valence-electron chi connectivity index (χ1n) is 9.11. The number of furan rings is 1. The van der Waals surface area contributed by atoms with Crippen molar-refractivity contribution in [2.24, 2.45) is 0 Å². The van der Waals surface area contributed by atoms with Crippen molar-refractivity contribution in [3.05, 3.63) is 108 Å². The maximum absolute atomic E-state index is 12.9. The highest BCUT2D eigenvalue weighted by Crippen LogP contribution is 2.19. The van der Waals surface area contributed by atoms with Gasteiger partial charge in [-0.15, -0.1) is 0 Å². The molecule has 0 aliphatic heterocycles. The van der Waals surface area contributed by atoms with E-state index in [2.05, 4.69) is 10.6 Å². The zero-order valence-electron chi connectivity index (χ0n) is 15.5. The van der Waals surface area contributed by atoms with Crippen LogP contribution in [0, 0.1) is 0 Å². The minimum absolute atomic E-state index is 0.116. The average Bonchev–Trinajstić information content (AvgIpc) is 3.29. The largest absolute Gasteiger partial charge is 0.459 e. The van der Waals surface area contributed by atoms with Crippen molar-refractivity contribution in [1.82, 2.24) is 5.32 Å². The first-order chi connectivity index (χ1) is 14.2. The number of hydrogen-bond acceptors (Lipinski definition) is 3. The summed E-state index contributed by atoms with van der Waals surface area (Å²) in [5.41, 5.74) is 1.54. The Morgan fingerprint density at radius 1 is 0.793 bits per heavy atom. The van der Waals surface area contributed by atoms with E-state index in [1.54, 1.807) is 12.1 Å². The SMILES string of the molecule is O=C(Nc1ccc2ccccc2c1)C(=Cc1ccccc1)NC(=O)c1ccco1.